The number of benzene rings is 4. The van der Waals surface area contributed by atoms with Crippen LogP contribution in [0.4, 0.5) is 0 Å². The molecule has 4 rings (SSSR count). The molecule has 0 aromatic heterocycles. The first-order valence-corrected chi connectivity index (χ1v) is 9.47. The van der Waals surface area contributed by atoms with Crippen molar-refractivity contribution in [1.82, 2.24) is 0 Å². The fraction of sp³-hybridized carbons (Fsp3) is 0.143. The van der Waals surface area contributed by atoms with Crippen LogP contribution in [0.25, 0.3) is 32.3 Å². The van der Waals surface area contributed by atoms with Crippen molar-refractivity contribution in [3.63, 3.8) is 0 Å². The summed E-state index contributed by atoms with van der Waals surface area (Å²) in [7, 11) is -0.735. The van der Waals surface area contributed by atoms with Gasteiger partial charge in [-0.05, 0) is 51.4 Å². The number of fused-ring (bicyclic) bond motifs is 6. The minimum Gasteiger partial charge on any atom is -0.416 e. The zero-order valence-corrected chi connectivity index (χ0v) is 15.0. The fourth-order valence-corrected chi connectivity index (χ4v) is 4.68. The molecule has 0 atom stereocenters. The van der Waals surface area contributed by atoms with E-state index in [9.17, 15) is 0 Å². The van der Waals surface area contributed by atoms with Crippen LogP contribution in [0.5, 0.6) is 0 Å². The van der Waals surface area contributed by atoms with E-state index in [1.807, 2.05) is 0 Å². The second-order valence-corrected chi connectivity index (χ2v) is 7.67. The lowest BCUT2D eigenvalue weighted by Crippen LogP contribution is -2.21. The highest BCUT2D eigenvalue weighted by atomic mass is 28.2. The van der Waals surface area contributed by atoms with Crippen LogP contribution >= 0.6 is 0 Å². The lowest BCUT2D eigenvalue weighted by Gasteiger charge is -2.15. The Hall–Kier alpha value is -2.16. The summed E-state index contributed by atoms with van der Waals surface area (Å²) in [6, 6.07) is 24.1. The van der Waals surface area contributed by atoms with Gasteiger partial charge < -0.3 is 4.43 Å². The first kappa shape index (κ1) is 14.4. The first-order valence-electron chi connectivity index (χ1n) is 8.18. The van der Waals surface area contributed by atoms with Crippen LogP contribution in [-0.4, -0.2) is 15.9 Å². The maximum Gasteiger partial charge on any atom is 0.193 e. The summed E-state index contributed by atoms with van der Waals surface area (Å²) in [5.74, 6) is 0. The molecule has 0 heterocycles. The molecule has 0 bridgehead atoms. The molecule has 1 nitrogen and oxygen atoms in total. The van der Waals surface area contributed by atoms with Gasteiger partial charge in [-0.25, -0.2) is 0 Å². The zero-order chi connectivity index (χ0) is 15.8. The molecule has 0 aliphatic carbocycles. The summed E-state index contributed by atoms with van der Waals surface area (Å²) < 4.78 is 6.04. The van der Waals surface area contributed by atoms with E-state index < -0.39 is 9.76 Å². The van der Waals surface area contributed by atoms with E-state index in [0.29, 0.717) is 6.10 Å². The van der Waals surface area contributed by atoms with Crippen molar-refractivity contribution in [3.8, 4) is 0 Å². The van der Waals surface area contributed by atoms with Gasteiger partial charge in [0.05, 0.1) is 0 Å². The monoisotopic (exact) mass is 316 g/mol. The first-order chi connectivity index (χ1) is 11.3. The molecule has 0 saturated carbocycles. The summed E-state index contributed by atoms with van der Waals surface area (Å²) in [5.41, 5.74) is 0. The normalized spacial score (nSPS) is 12.3. The van der Waals surface area contributed by atoms with Crippen LogP contribution in [-0.2, 0) is 4.43 Å². The highest BCUT2D eigenvalue weighted by molar-refractivity contribution is 6.54. The quantitative estimate of drug-likeness (QED) is 0.405. The van der Waals surface area contributed by atoms with Gasteiger partial charge in [0.15, 0.2) is 9.76 Å². The van der Waals surface area contributed by atoms with Crippen LogP contribution in [0.3, 0.4) is 0 Å². The third-order valence-electron chi connectivity index (χ3n) is 4.43. The Kier molecular flexibility index (Phi) is 3.64. The van der Waals surface area contributed by atoms with E-state index >= 15 is 0 Å². The summed E-state index contributed by atoms with van der Waals surface area (Å²) in [5, 5.41) is 9.47. The lowest BCUT2D eigenvalue weighted by atomic mass is 9.94. The molecule has 0 aliphatic heterocycles. The molecule has 4 aromatic rings. The summed E-state index contributed by atoms with van der Waals surface area (Å²) in [6.07, 6.45) is 0.295. The Balaban J connectivity index is 2.15. The second-order valence-electron chi connectivity index (χ2n) is 6.29. The average molecular weight is 316 g/mol. The smallest absolute Gasteiger partial charge is 0.193 e. The maximum absolute atomic E-state index is 6.04. The van der Waals surface area contributed by atoms with Crippen molar-refractivity contribution in [2.45, 2.75) is 20.0 Å². The van der Waals surface area contributed by atoms with Crippen LogP contribution in [0.15, 0.2) is 66.7 Å². The molecule has 23 heavy (non-hydrogen) atoms. The molecule has 4 aromatic carbocycles. The van der Waals surface area contributed by atoms with Gasteiger partial charge in [-0.15, -0.1) is 0 Å². The van der Waals surface area contributed by atoms with E-state index in [1.165, 1.54) is 37.5 Å². The van der Waals surface area contributed by atoms with Gasteiger partial charge in [-0.2, -0.15) is 0 Å². The second kappa shape index (κ2) is 5.80. The third kappa shape index (κ3) is 2.44. The van der Waals surface area contributed by atoms with Crippen molar-refractivity contribution in [2.75, 3.05) is 0 Å². The molecule has 0 saturated heterocycles. The molecular weight excluding hydrogens is 296 g/mol. The molecule has 0 fully saturated rings. The molecular formula is C21H20OSi. The van der Waals surface area contributed by atoms with Gasteiger partial charge in [0, 0.05) is 6.10 Å². The number of hydrogen-bond acceptors (Lipinski definition) is 1. The maximum atomic E-state index is 6.04. The predicted octanol–water partition coefficient (Wildman–Crippen LogP) is 4.28. The molecule has 0 unspecified atom stereocenters. The molecule has 0 aliphatic rings. The van der Waals surface area contributed by atoms with Gasteiger partial charge in [0.2, 0.25) is 0 Å². The number of hydrogen-bond donors (Lipinski definition) is 0. The van der Waals surface area contributed by atoms with Crippen LogP contribution in [0, 0.1) is 0 Å². The minimum absolute atomic E-state index is 0.295. The molecule has 2 heteroatoms. The molecule has 0 radical (unpaired) electrons. The zero-order valence-electron chi connectivity index (χ0n) is 13.5. The molecule has 0 spiro atoms. The third-order valence-corrected chi connectivity index (χ3v) is 6.16. The Morgan fingerprint density at radius 2 is 1.13 bits per heavy atom. The van der Waals surface area contributed by atoms with Crippen molar-refractivity contribution < 1.29 is 4.43 Å². The Morgan fingerprint density at radius 1 is 0.652 bits per heavy atom. The Bertz CT molecular complexity index is 959. The molecule has 0 N–H and O–H groups in total. The topological polar surface area (TPSA) is 9.23 Å². The van der Waals surface area contributed by atoms with Gasteiger partial charge in [-0.1, -0.05) is 66.7 Å². The van der Waals surface area contributed by atoms with Crippen molar-refractivity contribution >= 4 is 47.3 Å². The average Bonchev–Trinajstić information content (AvgIpc) is 2.60. The van der Waals surface area contributed by atoms with Gasteiger partial charge in [-0.3, -0.25) is 0 Å². The van der Waals surface area contributed by atoms with Crippen LogP contribution in [0.1, 0.15) is 13.8 Å². The Labute approximate surface area is 138 Å². The van der Waals surface area contributed by atoms with E-state index in [0.717, 1.165) is 0 Å². The highest BCUT2D eigenvalue weighted by Gasteiger charge is 2.11. The van der Waals surface area contributed by atoms with Crippen LogP contribution < -0.4 is 5.19 Å². The van der Waals surface area contributed by atoms with Crippen molar-refractivity contribution in [1.29, 1.82) is 0 Å². The van der Waals surface area contributed by atoms with Crippen molar-refractivity contribution in [3.05, 3.63) is 66.7 Å². The van der Waals surface area contributed by atoms with Gasteiger partial charge >= 0.3 is 0 Å². The standard InChI is InChI=1S/C21H20OSi/c1-14(2)22-23-20-13-7-12-19-17-9-4-3-8-15(17)16-10-5-6-11-18(16)21(19)20/h3-14H,23H2,1-2H3. The van der Waals surface area contributed by atoms with Gasteiger partial charge in [0.1, 0.15) is 0 Å². The van der Waals surface area contributed by atoms with Crippen molar-refractivity contribution in [2.24, 2.45) is 0 Å². The fourth-order valence-electron chi connectivity index (χ4n) is 3.41. The van der Waals surface area contributed by atoms with E-state index in [4.69, 9.17) is 4.43 Å². The summed E-state index contributed by atoms with van der Waals surface area (Å²) >= 11 is 0. The largest absolute Gasteiger partial charge is 0.416 e. The molecule has 0 amide bonds. The predicted molar refractivity (Wildman–Crippen MR) is 103 cm³/mol. The molecule has 114 valence electrons. The summed E-state index contributed by atoms with van der Waals surface area (Å²) in [4.78, 5) is 0. The highest BCUT2D eigenvalue weighted by Crippen LogP contribution is 2.33. The number of rotatable bonds is 3. The SMILES string of the molecule is CC(C)O[SiH2]c1cccc2c3ccccc3c3ccccc3c12. The van der Waals surface area contributed by atoms with E-state index in [2.05, 4.69) is 80.6 Å². The Morgan fingerprint density at radius 3 is 1.70 bits per heavy atom. The van der Waals surface area contributed by atoms with E-state index in [1.54, 1.807) is 0 Å². The van der Waals surface area contributed by atoms with E-state index in [-0.39, 0.29) is 0 Å². The summed E-state index contributed by atoms with van der Waals surface area (Å²) in [6.45, 7) is 4.23. The lowest BCUT2D eigenvalue weighted by molar-refractivity contribution is 0.260. The van der Waals surface area contributed by atoms with Gasteiger partial charge in [0.25, 0.3) is 0 Å². The van der Waals surface area contributed by atoms with Crippen LogP contribution in [0.2, 0.25) is 0 Å². The minimum atomic E-state index is -0.735.